The molecule has 1 amide bonds. The van der Waals surface area contributed by atoms with Crippen LogP contribution >= 0.6 is 0 Å². The molecule has 2 rings (SSSR count). The zero-order valence-corrected chi connectivity index (χ0v) is 52.9. The molecular formula is C70H125NO13. The van der Waals surface area contributed by atoms with Crippen molar-refractivity contribution in [3.05, 3.63) is 72.9 Å². The van der Waals surface area contributed by atoms with Gasteiger partial charge < -0.3 is 65.1 Å². The van der Waals surface area contributed by atoms with Gasteiger partial charge >= 0.3 is 0 Å². The van der Waals surface area contributed by atoms with E-state index in [1.807, 2.05) is 6.08 Å². The monoisotopic (exact) mass is 1190 g/mol. The van der Waals surface area contributed by atoms with Gasteiger partial charge in [0.15, 0.2) is 12.6 Å². The first-order chi connectivity index (χ1) is 41.1. The molecule has 84 heavy (non-hydrogen) atoms. The summed E-state index contributed by atoms with van der Waals surface area (Å²) in [4.78, 5) is 13.3. The highest BCUT2D eigenvalue weighted by molar-refractivity contribution is 5.76. The maximum Gasteiger partial charge on any atom is 0.220 e. The zero-order valence-electron chi connectivity index (χ0n) is 52.9. The van der Waals surface area contributed by atoms with Gasteiger partial charge in [-0.05, 0) is 64.2 Å². The predicted octanol–water partition coefficient (Wildman–Crippen LogP) is 13.5. The first kappa shape index (κ1) is 77.5. The van der Waals surface area contributed by atoms with E-state index in [2.05, 4.69) is 79.9 Å². The number of unbranched alkanes of at least 4 members (excludes halogenated alkanes) is 32. The molecule has 0 spiro atoms. The van der Waals surface area contributed by atoms with Crippen molar-refractivity contribution >= 4 is 5.91 Å². The van der Waals surface area contributed by atoms with Crippen molar-refractivity contribution in [1.82, 2.24) is 5.32 Å². The van der Waals surface area contributed by atoms with Gasteiger partial charge in [-0.25, -0.2) is 0 Å². The molecule has 12 unspecified atom stereocenters. The lowest BCUT2D eigenvalue weighted by Gasteiger charge is -2.46. The van der Waals surface area contributed by atoms with E-state index in [0.717, 1.165) is 77.0 Å². The molecule has 2 aliphatic rings. The molecule has 2 aliphatic heterocycles. The molecule has 12 atom stereocenters. The number of nitrogens with one attached hydrogen (secondary N) is 1. The van der Waals surface area contributed by atoms with Crippen LogP contribution in [0.3, 0.4) is 0 Å². The Hall–Kier alpha value is -2.57. The number of ether oxygens (including phenoxy) is 4. The highest BCUT2D eigenvalue weighted by Crippen LogP contribution is 2.30. The largest absolute Gasteiger partial charge is 0.394 e. The number of rotatable bonds is 55. The van der Waals surface area contributed by atoms with E-state index in [1.54, 1.807) is 6.08 Å². The van der Waals surface area contributed by atoms with Crippen molar-refractivity contribution in [2.24, 2.45) is 0 Å². The minimum Gasteiger partial charge on any atom is -0.394 e. The molecule has 0 saturated carbocycles. The lowest BCUT2D eigenvalue weighted by atomic mass is 9.97. The lowest BCUT2D eigenvalue weighted by molar-refractivity contribution is -0.359. The summed E-state index contributed by atoms with van der Waals surface area (Å²) in [7, 11) is 0. The fraction of sp³-hybridized carbons (Fsp3) is 0.814. The average molecular weight is 1190 g/mol. The molecule has 0 bridgehead atoms. The molecule has 2 heterocycles. The van der Waals surface area contributed by atoms with Crippen molar-refractivity contribution in [2.45, 2.75) is 344 Å². The van der Waals surface area contributed by atoms with Crippen molar-refractivity contribution < 1.29 is 64.6 Å². The molecule has 0 aromatic rings. The Labute approximate surface area is 510 Å². The van der Waals surface area contributed by atoms with Gasteiger partial charge in [-0.2, -0.15) is 0 Å². The second kappa shape index (κ2) is 54.6. The van der Waals surface area contributed by atoms with Gasteiger partial charge in [0.2, 0.25) is 5.91 Å². The summed E-state index contributed by atoms with van der Waals surface area (Å²) >= 11 is 0. The van der Waals surface area contributed by atoms with Gasteiger partial charge in [0.05, 0.1) is 32.0 Å². The number of carbonyl (C=O) groups excluding carboxylic acids is 1. The molecule has 2 saturated heterocycles. The van der Waals surface area contributed by atoms with E-state index < -0.39 is 86.8 Å². The summed E-state index contributed by atoms with van der Waals surface area (Å²) in [5, 5.41) is 87.4. The van der Waals surface area contributed by atoms with Crippen LogP contribution < -0.4 is 5.32 Å². The van der Waals surface area contributed by atoms with E-state index in [-0.39, 0.29) is 18.9 Å². The van der Waals surface area contributed by atoms with Gasteiger partial charge in [-0.3, -0.25) is 4.79 Å². The third kappa shape index (κ3) is 38.7. The molecule has 2 fully saturated rings. The van der Waals surface area contributed by atoms with Crippen molar-refractivity contribution in [3.8, 4) is 0 Å². The average Bonchev–Trinajstić information content (AvgIpc) is 3.62. The van der Waals surface area contributed by atoms with Crippen LogP contribution in [-0.2, 0) is 23.7 Å². The van der Waals surface area contributed by atoms with Crippen LogP contribution in [0.2, 0.25) is 0 Å². The maximum atomic E-state index is 13.3. The summed E-state index contributed by atoms with van der Waals surface area (Å²) in [5.41, 5.74) is 0. The molecule has 488 valence electrons. The summed E-state index contributed by atoms with van der Waals surface area (Å²) in [6.45, 7) is 2.71. The number of carbonyl (C=O) groups is 1. The molecule has 9 N–H and O–H groups in total. The minimum absolute atomic E-state index is 0.242. The molecular weight excluding hydrogens is 1060 g/mol. The van der Waals surface area contributed by atoms with E-state index >= 15 is 0 Å². The molecule has 0 aromatic carbocycles. The smallest absolute Gasteiger partial charge is 0.220 e. The standard InChI is InChI=1S/C70H125NO13/c1-3-5-7-9-11-13-15-17-19-21-23-25-27-28-29-30-32-34-36-38-40-42-44-46-48-50-52-54-62(75)71-58(57-81-69-67(80)65(78)68(61(56-73)83-69)84-70-66(79)64(77)63(76)60(55-72)82-70)59(74)53-51-49-47-45-43-41-39-37-35-33-31-26-24-22-20-18-16-14-12-10-8-6-4-2/h5,7,11,13,17,19,23,25,28-29,51,53,58-61,63-70,72-74,76-80H,3-4,6,8-10,12,14-16,18,20-22,24,26-27,30-50,52,54-57H2,1-2H3,(H,71,75)/b7-5-,13-11-,19-17-,25-23-,29-28-,53-51+. The van der Waals surface area contributed by atoms with Crippen molar-refractivity contribution in [2.75, 3.05) is 19.8 Å². The van der Waals surface area contributed by atoms with E-state index in [4.69, 9.17) is 18.9 Å². The first-order valence-electron chi connectivity index (χ1n) is 34.2. The minimum atomic E-state index is -1.79. The molecule has 0 radical (unpaired) electrons. The highest BCUT2D eigenvalue weighted by atomic mass is 16.7. The van der Waals surface area contributed by atoms with Crippen LogP contribution in [-0.4, -0.2) is 140 Å². The Balaban J connectivity index is 1.70. The van der Waals surface area contributed by atoms with Crippen LogP contribution in [0.15, 0.2) is 72.9 Å². The van der Waals surface area contributed by atoms with Crippen LogP contribution in [0.4, 0.5) is 0 Å². The number of aliphatic hydroxyl groups is 8. The number of hydrogen-bond acceptors (Lipinski definition) is 13. The topological polar surface area (TPSA) is 228 Å². The van der Waals surface area contributed by atoms with Crippen LogP contribution in [0.25, 0.3) is 0 Å². The van der Waals surface area contributed by atoms with Gasteiger partial charge in [0.1, 0.15) is 48.8 Å². The van der Waals surface area contributed by atoms with E-state index in [1.165, 1.54) is 167 Å². The zero-order chi connectivity index (χ0) is 60.9. The van der Waals surface area contributed by atoms with Gasteiger partial charge in [-0.1, -0.05) is 273 Å². The summed E-state index contributed by atoms with van der Waals surface area (Å²) < 4.78 is 22.9. The Morgan fingerprint density at radius 3 is 1.26 bits per heavy atom. The van der Waals surface area contributed by atoms with Gasteiger partial charge in [0, 0.05) is 6.42 Å². The second-order valence-corrected chi connectivity index (χ2v) is 23.9. The normalized spacial score (nSPS) is 24.1. The fourth-order valence-corrected chi connectivity index (χ4v) is 11.0. The number of allylic oxidation sites excluding steroid dienone is 11. The van der Waals surface area contributed by atoms with Crippen molar-refractivity contribution in [3.63, 3.8) is 0 Å². The number of amides is 1. The summed E-state index contributed by atoms with van der Waals surface area (Å²) in [6, 6.07) is -0.921. The van der Waals surface area contributed by atoms with Gasteiger partial charge in [0.25, 0.3) is 0 Å². The van der Waals surface area contributed by atoms with Gasteiger partial charge in [-0.15, -0.1) is 0 Å². The maximum absolute atomic E-state index is 13.3. The third-order valence-electron chi connectivity index (χ3n) is 16.4. The Kier molecular flexibility index (Phi) is 50.4. The number of hydrogen-bond donors (Lipinski definition) is 9. The van der Waals surface area contributed by atoms with E-state index in [9.17, 15) is 45.6 Å². The molecule has 14 nitrogen and oxygen atoms in total. The van der Waals surface area contributed by atoms with Crippen LogP contribution in [0, 0.1) is 0 Å². The third-order valence-corrected chi connectivity index (χ3v) is 16.4. The molecule has 14 heteroatoms. The SMILES string of the molecule is CC/C=C\C/C=C\C/C=C\C/C=C\C/C=C\CCCCCCCCCCCCCC(=O)NC(COC1OC(CO)C(OC2OC(CO)C(O)C(O)C2O)C(O)C1O)C(O)/C=C/CCCCCCCCCCCCCCCCCCCCCCC. The fourth-order valence-electron chi connectivity index (χ4n) is 11.0. The first-order valence-corrected chi connectivity index (χ1v) is 34.2. The highest BCUT2D eigenvalue weighted by Gasteiger charge is 2.51. The quantitative estimate of drug-likeness (QED) is 0.0204. The Morgan fingerprint density at radius 2 is 0.821 bits per heavy atom. The molecule has 0 aliphatic carbocycles. The van der Waals surface area contributed by atoms with E-state index in [0.29, 0.717) is 6.42 Å². The predicted molar refractivity (Wildman–Crippen MR) is 341 cm³/mol. The summed E-state index contributed by atoms with van der Waals surface area (Å²) in [5.74, 6) is -0.242. The number of aliphatic hydroxyl groups excluding tert-OH is 8. The van der Waals surface area contributed by atoms with Crippen molar-refractivity contribution in [1.29, 1.82) is 0 Å². The second-order valence-electron chi connectivity index (χ2n) is 23.9. The molecule has 0 aromatic heterocycles. The van der Waals surface area contributed by atoms with Crippen LogP contribution in [0.1, 0.15) is 271 Å². The lowest BCUT2D eigenvalue weighted by Crippen LogP contribution is -2.65. The Bertz CT molecular complexity index is 1690. The Morgan fingerprint density at radius 1 is 0.440 bits per heavy atom. The summed E-state index contributed by atoms with van der Waals surface area (Å²) in [6.07, 6.45) is 56.5. The van der Waals surface area contributed by atoms with Crippen LogP contribution in [0.5, 0.6) is 0 Å².